The van der Waals surface area contributed by atoms with Crippen LogP contribution in [0.25, 0.3) is 0 Å². The molecular weight excluding hydrogens is 290 g/mol. The van der Waals surface area contributed by atoms with Crippen LogP contribution in [0.5, 0.6) is 0 Å². The molecule has 1 saturated heterocycles. The van der Waals surface area contributed by atoms with Crippen molar-refractivity contribution < 1.29 is 9.59 Å². The molecule has 0 N–H and O–H groups in total. The summed E-state index contributed by atoms with van der Waals surface area (Å²) in [7, 11) is 1.70. The second kappa shape index (κ2) is 5.69. The van der Waals surface area contributed by atoms with E-state index in [1.54, 1.807) is 16.8 Å². The van der Waals surface area contributed by atoms with Crippen LogP contribution in [0.1, 0.15) is 31.2 Å². The zero-order valence-corrected chi connectivity index (χ0v) is 13.6. The lowest BCUT2D eigenvalue weighted by atomic mass is 9.76. The van der Waals surface area contributed by atoms with Gasteiger partial charge in [0, 0.05) is 25.7 Å². The first kappa shape index (κ1) is 15.5. The van der Waals surface area contributed by atoms with Crippen LogP contribution in [0, 0.1) is 24.2 Å². The molecule has 0 aromatic heterocycles. The molecule has 1 heterocycles. The molecule has 2 aliphatic rings. The summed E-state index contributed by atoms with van der Waals surface area (Å²) in [5, 5.41) is 9.39. The quantitative estimate of drug-likeness (QED) is 0.860. The maximum atomic E-state index is 12.7. The predicted octanol–water partition coefficient (Wildman–Crippen LogP) is 2.25. The van der Waals surface area contributed by atoms with Gasteiger partial charge in [-0.15, -0.1) is 0 Å². The van der Waals surface area contributed by atoms with Gasteiger partial charge >= 0.3 is 0 Å². The maximum Gasteiger partial charge on any atom is 0.229 e. The Balaban J connectivity index is 1.73. The Morgan fingerprint density at radius 3 is 2.52 bits per heavy atom. The highest BCUT2D eigenvalue weighted by atomic mass is 16.2. The fourth-order valence-electron chi connectivity index (χ4n) is 3.37. The molecule has 2 fully saturated rings. The lowest BCUT2D eigenvalue weighted by Crippen LogP contribution is -2.55. The molecule has 2 amide bonds. The molecule has 5 heteroatoms. The molecule has 5 nitrogen and oxygen atoms in total. The van der Waals surface area contributed by atoms with E-state index < -0.39 is 5.54 Å². The predicted molar refractivity (Wildman–Crippen MR) is 86.6 cm³/mol. The average Bonchev–Trinajstić information content (AvgIpc) is 2.88. The highest BCUT2D eigenvalue weighted by Gasteiger charge is 2.46. The number of nitriles is 1. The molecule has 1 aromatic rings. The van der Waals surface area contributed by atoms with E-state index in [2.05, 4.69) is 6.07 Å². The number of benzene rings is 1. The molecule has 0 spiro atoms. The first-order valence-corrected chi connectivity index (χ1v) is 8.03. The Bertz CT molecular complexity index is 671. The fourth-order valence-corrected chi connectivity index (χ4v) is 3.37. The van der Waals surface area contributed by atoms with Gasteiger partial charge in [-0.05, 0) is 38.3 Å². The molecule has 3 rings (SSSR count). The fraction of sp³-hybridized carbons (Fsp3) is 0.500. The molecule has 1 atom stereocenters. The molecule has 1 saturated carbocycles. The van der Waals surface area contributed by atoms with Crippen molar-refractivity contribution in [2.45, 2.75) is 38.1 Å². The van der Waals surface area contributed by atoms with E-state index in [9.17, 15) is 14.9 Å². The molecule has 1 aliphatic heterocycles. The third-order valence-corrected chi connectivity index (χ3v) is 5.18. The summed E-state index contributed by atoms with van der Waals surface area (Å²) in [6.07, 6.45) is 2.66. The van der Waals surface area contributed by atoms with Crippen molar-refractivity contribution in [2.75, 3.05) is 18.5 Å². The first-order chi connectivity index (χ1) is 11.0. The van der Waals surface area contributed by atoms with Gasteiger partial charge in [0.1, 0.15) is 5.54 Å². The van der Waals surface area contributed by atoms with Gasteiger partial charge in [-0.3, -0.25) is 9.59 Å². The highest BCUT2D eigenvalue weighted by molar-refractivity contribution is 6.00. The highest BCUT2D eigenvalue weighted by Crippen LogP contribution is 2.38. The number of nitrogens with zero attached hydrogens (tertiary/aromatic N) is 3. The largest absolute Gasteiger partial charge is 0.327 e. The van der Waals surface area contributed by atoms with Gasteiger partial charge in [0.25, 0.3) is 0 Å². The third-order valence-electron chi connectivity index (χ3n) is 5.18. The van der Waals surface area contributed by atoms with Crippen molar-refractivity contribution in [1.82, 2.24) is 4.90 Å². The van der Waals surface area contributed by atoms with Crippen molar-refractivity contribution in [2.24, 2.45) is 5.92 Å². The van der Waals surface area contributed by atoms with Crippen LogP contribution in [0.3, 0.4) is 0 Å². The van der Waals surface area contributed by atoms with Crippen molar-refractivity contribution in [3.05, 3.63) is 29.8 Å². The van der Waals surface area contributed by atoms with E-state index in [1.807, 2.05) is 31.2 Å². The van der Waals surface area contributed by atoms with Gasteiger partial charge in [-0.1, -0.05) is 17.7 Å². The molecule has 1 aliphatic carbocycles. The van der Waals surface area contributed by atoms with Crippen LogP contribution in [0.2, 0.25) is 0 Å². The van der Waals surface area contributed by atoms with Crippen LogP contribution >= 0.6 is 0 Å². The van der Waals surface area contributed by atoms with E-state index in [1.165, 1.54) is 0 Å². The molecule has 23 heavy (non-hydrogen) atoms. The molecule has 1 aromatic carbocycles. The summed E-state index contributed by atoms with van der Waals surface area (Å²) in [6, 6.07) is 10.0. The average molecular weight is 311 g/mol. The third kappa shape index (κ3) is 2.59. The van der Waals surface area contributed by atoms with Crippen LogP contribution < -0.4 is 4.90 Å². The summed E-state index contributed by atoms with van der Waals surface area (Å²) in [5.41, 5.74) is 1.31. The van der Waals surface area contributed by atoms with Crippen molar-refractivity contribution >= 4 is 17.5 Å². The topological polar surface area (TPSA) is 64.4 Å². The van der Waals surface area contributed by atoms with E-state index in [0.717, 1.165) is 30.5 Å². The van der Waals surface area contributed by atoms with Gasteiger partial charge in [0.15, 0.2) is 0 Å². The number of aryl methyl sites for hydroxylation is 1. The number of anilines is 1. The van der Waals surface area contributed by atoms with Crippen molar-refractivity contribution in [3.8, 4) is 6.07 Å². The minimum atomic E-state index is -0.655. The number of carbonyl (C=O) groups excluding carboxylic acids is 2. The summed E-state index contributed by atoms with van der Waals surface area (Å²) in [5.74, 6) is -0.478. The number of carbonyl (C=O) groups is 2. The Morgan fingerprint density at radius 2 is 2.00 bits per heavy atom. The van der Waals surface area contributed by atoms with E-state index in [4.69, 9.17) is 0 Å². The van der Waals surface area contributed by atoms with Crippen molar-refractivity contribution in [1.29, 1.82) is 5.26 Å². The second-order valence-corrected chi connectivity index (χ2v) is 6.64. The zero-order chi connectivity index (χ0) is 16.6. The first-order valence-electron chi connectivity index (χ1n) is 8.03. The summed E-state index contributed by atoms with van der Waals surface area (Å²) >= 11 is 0. The number of hydrogen-bond acceptors (Lipinski definition) is 3. The standard InChI is InChI=1S/C18H21N3O2/c1-13-4-6-15(7-5-13)21-11-14(10-16(21)22)17(23)20(2)18(12-19)8-3-9-18/h4-7,14H,3,8-11H2,1-2H3. The van der Waals surface area contributed by atoms with E-state index in [0.29, 0.717) is 6.54 Å². The second-order valence-electron chi connectivity index (χ2n) is 6.64. The van der Waals surface area contributed by atoms with Gasteiger partial charge in [0.2, 0.25) is 11.8 Å². The lowest BCUT2D eigenvalue weighted by Gasteiger charge is -2.43. The molecule has 0 bridgehead atoms. The summed E-state index contributed by atoms with van der Waals surface area (Å²) in [4.78, 5) is 28.3. The lowest BCUT2D eigenvalue weighted by molar-refractivity contribution is -0.140. The Labute approximate surface area is 136 Å². The SMILES string of the molecule is Cc1ccc(N2CC(C(=O)N(C)C3(C#N)CCC3)CC2=O)cc1. The minimum absolute atomic E-state index is 0.0276. The molecule has 0 radical (unpaired) electrons. The van der Waals surface area contributed by atoms with Crippen LogP contribution in [-0.4, -0.2) is 35.8 Å². The van der Waals surface area contributed by atoms with Crippen LogP contribution in [0.4, 0.5) is 5.69 Å². The Morgan fingerprint density at radius 1 is 1.35 bits per heavy atom. The molecule has 1 unspecified atom stereocenters. The number of hydrogen-bond donors (Lipinski definition) is 0. The molecular formula is C18H21N3O2. The minimum Gasteiger partial charge on any atom is -0.327 e. The van der Waals surface area contributed by atoms with Gasteiger partial charge in [-0.25, -0.2) is 0 Å². The maximum absolute atomic E-state index is 12.7. The summed E-state index contributed by atoms with van der Waals surface area (Å²) < 4.78 is 0. The van der Waals surface area contributed by atoms with Crippen LogP contribution in [-0.2, 0) is 9.59 Å². The van der Waals surface area contributed by atoms with Crippen LogP contribution in [0.15, 0.2) is 24.3 Å². The van der Waals surface area contributed by atoms with E-state index >= 15 is 0 Å². The monoisotopic (exact) mass is 311 g/mol. The zero-order valence-electron chi connectivity index (χ0n) is 13.6. The van der Waals surface area contributed by atoms with Gasteiger partial charge < -0.3 is 9.80 Å². The number of rotatable bonds is 3. The molecule has 120 valence electrons. The Hall–Kier alpha value is -2.35. The van der Waals surface area contributed by atoms with E-state index in [-0.39, 0.29) is 24.2 Å². The van der Waals surface area contributed by atoms with Crippen molar-refractivity contribution in [3.63, 3.8) is 0 Å². The van der Waals surface area contributed by atoms with Gasteiger partial charge in [0.05, 0.1) is 12.0 Å². The Kier molecular flexibility index (Phi) is 3.85. The van der Waals surface area contributed by atoms with Gasteiger partial charge in [-0.2, -0.15) is 5.26 Å². The smallest absolute Gasteiger partial charge is 0.229 e. The number of amides is 2. The summed E-state index contributed by atoms with van der Waals surface area (Å²) in [6.45, 7) is 2.39. The normalized spacial score (nSPS) is 22.4.